The number of anilines is 1. The summed E-state index contributed by atoms with van der Waals surface area (Å²) >= 11 is 5.70. The number of carboxylic acids is 1. The van der Waals surface area contributed by atoms with Crippen molar-refractivity contribution in [2.45, 2.75) is 0 Å². The van der Waals surface area contributed by atoms with E-state index in [9.17, 15) is 9.59 Å². The summed E-state index contributed by atoms with van der Waals surface area (Å²) < 4.78 is 0. The molecule has 0 saturated heterocycles. The zero-order valence-electron chi connectivity index (χ0n) is 8.07. The van der Waals surface area contributed by atoms with Crippen molar-refractivity contribution in [2.24, 2.45) is 0 Å². The fourth-order valence-electron chi connectivity index (χ4n) is 0.891. The molecule has 0 aromatic heterocycles. The Labute approximate surface area is 95.9 Å². The molecule has 1 rings (SSSR count). The fourth-order valence-corrected chi connectivity index (χ4v) is 1.07. The lowest BCUT2D eigenvalue weighted by molar-refractivity contribution is -0.144. The van der Waals surface area contributed by atoms with E-state index in [0.29, 0.717) is 5.69 Å². The van der Waals surface area contributed by atoms with E-state index in [1.165, 1.54) is 18.2 Å². The summed E-state index contributed by atoms with van der Waals surface area (Å²) in [6, 6.07) is 4.27. The lowest BCUT2D eigenvalue weighted by Crippen LogP contribution is -2.26. The van der Waals surface area contributed by atoms with Gasteiger partial charge in [0, 0.05) is 5.56 Å². The first-order valence-electron chi connectivity index (χ1n) is 4.19. The van der Waals surface area contributed by atoms with Crippen molar-refractivity contribution in [2.75, 3.05) is 12.3 Å². The predicted molar refractivity (Wildman–Crippen MR) is 56.9 cm³/mol. The monoisotopic (exact) mass is 244 g/mol. The molecule has 0 fully saturated rings. The van der Waals surface area contributed by atoms with Crippen molar-refractivity contribution < 1.29 is 19.5 Å². The number of hydrogen-bond acceptors (Lipinski definition) is 4. The molecule has 0 heterocycles. The maximum Gasteiger partial charge on any atom is 0.332 e. The fraction of sp³-hybridized carbons (Fsp3) is 0.111. The number of rotatable bonds is 4. The number of hydrogen-bond donors (Lipinski definition) is 3. The molecule has 7 heteroatoms. The summed E-state index contributed by atoms with van der Waals surface area (Å²) in [5, 5.41) is 8.51. The summed E-state index contributed by atoms with van der Waals surface area (Å²) in [5.74, 6) is -1.78. The summed E-state index contributed by atoms with van der Waals surface area (Å²) in [4.78, 5) is 25.9. The molecule has 0 aliphatic carbocycles. The van der Waals surface area contributed by atoms with Crippen LogP contribution in [0, 0.1) is 0 Å². The normalized spacial score (nSPS) is 9.81. The third-order valence-corrected chi connectivity index (χ3v) is 1.95. The van der Waals surface area contributed by atoms with Gasteiger partial charge >= 0.3 is 5.97 Å². The number of nitrogens with two attached hydrogens (primary N) is 1. The van der Waals surface area contributed by atoms with Gasteiger partial charge in [-0.25, -0.2) is 10.3 Å². The topological polar surface area (TPSA) is 102 Å². The molecule has 4 N–H and O–H groups in total. The van der Waals surface area contributed by atoms with E-state index >= 15 is 0 Å². The maximum atomic E-state index is 11.4. The molecular formula is C9H9ClN2O4. The van der Waals surface area contributed by atoms with Crippen molar-refractivity contribution in [1.82, 2.24) is 5.48 Å². The molecule has 0 bridgehead atoms. The van der Waals surface area contributed by atoms with Crippen molar-refractivity contribution in [3.63, 3.8) is 0 Å². The van der Waals surface area contributed by atoms with Crippen LogP contribution in [0.1, 0.15) is 10.4 Å². The number of nitrogens with one attached hydrogen (secondary N) is 1. The summed E-state index contributed by atoms with van der Waals surface area (Å²) in [5.41, 5.74) is 7.99. The van der Waals surface area contributed by atoms with Gasteiger partial charge in [0.25, 0.3) is 5.91 Å². The molecule has 6 nitrogen and oxygen atoms in total. The molecule has 1 aromatic carbocycles. The Morgan fingerprint density at radius 3 is 2.75 bits per heavy atom. The van der Waals surface area contributed by atoms with Crippen LogP contribution < -0.4 is 11.2 Å². The zero-order valence-corrected chi connectivity index (χ0v) is 8.82. The SMILES string of the molecule is Nc1ccc(C(=O)NOCC(=O)O)cc1Cl. The predicted octanol–water partition coefficient (Wildman–Crippen LogP) is 0.668. The van der Waals surface area contributed by atoms with Crippen molar-refractivity contribution in [3.05, 3.63) is 28.8 Å². The van der Waals surface area contributed by atoms with E-state index in [2.05, 4.69) is 4.84 Å². The average molecular weight is 245 g/mol. The van der Waals surface area contributed by atoms with Gasteiger partial charge in [-0.3, -0.25) is 9.63 Å². The van der Waals surface area contributed by atoms with Crippen LogP contribution in [0.2, 0.25) is 5.02 Å². The second kappa shape index (κ2) is 5.34. The summed E-state index contributed by atoms with van der Waals surface area (Å²) in [6.45, 7) is -0.617. The van der Waals surface area contributed by atoms with Crippen molar-refractivity contribution >= 4 is 29.2 Å². The minimum atomic E-state index is -1.18. The highest BCUT2D eigenvalue weighted by Gasteiger charge is 2.08. The van der Waals surface area contributed by atoms with Crippen LogP contribution in [0.5, 0.6) is 0 Å². The van der Waals surface area contributed by atoms with Gasteiger partial charge in [-0.05, 0) is 18.2 Å². The second-order valence-electron chi connectivity index (χ2n) is 2.85. The van der Waals surface area contributed by atoms with Gasteiger partial charge in [0.15, 0.2) is 6.61 Å². The van der Waals surface area contributed by atoms with Gasteiger partial charge in [0.2, 0.25) is 0 Å². The Morgan fingerprint density at radius 2 is 2.19 bits per heavy atom. The van der Waals surface area contributed by atoms with Crippen LogP contribution in [0.25, 0.3) is 0 Å². The molecule has 0 spiro atoms. The summed E-state index contributed by atoms with van der Waals surface area (Å²) in [6.07, 6.45) is 0. The molecule has 0 unspecified atom stereocenters. The number of benzene rings is 1. The molecule has 0 aliphatic rings. The minimum absolute atomic E-state index is 0.226. The Bertz CT molecular complexity index is 422. The Balaban J connectivity index is 2.59. The Morgan fingerprint density at radius 1 is 1.50 bits per heavy atom. The van der Waals surface area contributed by atoms with Gasteiger partial charge in [0.1, 0.15) is 0 Å². The third kappa shape index (κ3) is 3.41. The number of carbonyl (C=O) groups excluding carboxylic acids is 1. The average Bonchev–Trinajstić information content (AvgIpc) is 2.21. The number of carboxylic acid groups (broad SMARTS) is 1. The van der Waals surface area contributed by atoms with Gasteiger partial charge in [0.05, 0.1) is 10.7 Å². The van der Waals surface area contributed by atoms with E-state index in [4.69, 9.17) is 22.4 Å². The van der Waals surface area contributed by atoms with E-state index < -0.39 is 18.5 Å². The van der Waals surface area contributed by atoms with Crippen LogP contribution in [-0.4, -0.2) is 23.6 Å². The van der Waals surface area contributed by atoms with E-state index in [-0.39, 0.29) is 10.6 Å². The molecule has 16 heavy (non-hydrogen) atoms. The highest BCUT2D eigenvalue weighted by molar-refractivity contribution is 6.33. The highest BCUT2D eigenvalue weighted by atomic mass is 35.5. The number of carbonyl (C=O) groups is 2. The highest BCUT2D eigenvalue weighted by Crippen LogP contribution is 2.19. The number of hydroxylamine groups is 1. The number of halogens is 1. The van der Waals surface area contributed by atoms with Gasteiger partial charge in [-0.15, -0.1) is 0 Å². The first-order chi connectivity index (χ1) is 7.50. The quantitative estimate of drug-likeness (QED) is 0.534. The van der Waals surface area contributed by atoms with Gasteiger partial charge in [-0.1, -0.05) is 11.6 Å². The van der Waals surface area contributed by atoms with Gasteiger partial charge in [-0.2, -0.15) is 0 Å². The molecule has 0 aliphatic heterocycles. The molecule has 0 saturated carbocycles. The molecule has 1 aromatic rings. The largest absolute Gasteiger partial charge is 0.479 e. The standard InChI is InChI=1S/C9H9ClN2O4/c10-6-3-5(1-2-7(6)11)9(15)12-16-4-8(13)14/h1-3H,4,11H2,(H,12,15)(H,13,14). The summed E-state index contributed by atoms with van der Waals surface area (Å²) in [7, 11) is 0. The van der Waals surface area contributed by atoms with Crippen LogP contribution >= 0.6 is 11.6 Å². The van der Waals surface area contributed by atoms with Crippen LogP contribution in [-0.2, 0) is 9.63 Å². The Hall–Kier alpha value is -1.79. The van der Waals surface area contributed by atoms with Crippen molar-refractivity contribution in [1.29, 1.82) is 0 Å². The Kier molecular flexibility index (Phi) is 4.10. The van der Waals surface area contributed by atoms with Crippen molar-refractivity contribution in [3.8, 4) is 0 Å². The lowest BCUT2D eigenvalue weighted by Gasteiger charge is -2.05. The van der Waals surface area contributed by atoms with Gasteiger partial charge < -0.3 is 10.8 Å². The van der Waals surface area contributed by atoms with E-state index in [0.717, 1.165) is 0 Å². The first-order valence-corrected chi connectivity index (χ1v) is 4.57. The molecular weight excluding hydrogens is 236 g/mol. The minimum Gasteiger partial charge on any atom is -0.479 e. The lowest BCUT2D eigenvalue weighted by atomic mass is 10.2. The van der Waals surface area contributed by atoms with Crippen LogP contribution in [0.15, 0.2) is 18.2 Å². The second-order valence-corrected chi connectivity index (χ2v) is 3.26. The smallest absolute Gasteiger partial charge is 0.332 e. The van der Waals surface area contributed by atoms with Crippen LogP contribution in [0.3, 0.4) is 0 Å². The zero-order chi connectivity index (χ0) is 12.1. The molecule has 0 radical (unpaired) electrons. The third-order valence-electron chi connectivity index (χ3n) is 1.62. The molecule has 86 valence electrons. The number of aliphatic carboxylic acids is 1. The van der Waals surface area contributed by atoms with Crippen LogP contribution in [0.4, 0.5) is 5.69 Å². The number of nitrogen functional groups attached to an aromatic ring is 1. The molecule has 1 amide bonds. The van der Waals surface area contributed by atoms with E-state index in [1.54, 1.807) is 0 Å². The first kappa shape index (κ1) is 12.3. The molecule has 0 atom stereocenters. The maximum absolute atomic E-state index is 11.4. The van der Waals surface area contributed by atoms with E-state index in [1.807, 2.05) is 5.48 Å². The number of amides is 1.